The Balaban J connectivity index is 4.26. The summed E-state index contributed by atoms with van der Waals surface area (Å²) in [6.45, 7) is 6.21. The second-order valence-electron chi connectivity index (χ2n) is 2.61. The van der Waals surface area contributed by atoms with Gasteiger partial charge in [0.05, 0.1) is 5.70 Å². The summed E-state index contributed by atoms with van der Waals surface area (Å²) in [6.07, 6.45) is 9.69. The molecule has 0 aromatic rings. The van der Waals surface area contributed by atoms with Gasteiger partial charge in [0.25, 0.3) is 0 Å². The molecule has 11 heavy (non-hydrogen) atoms. The first-order valence-corrected chi connectivity index (χ1v) is 3.91. The largest absolute Gasteiger partial charge is 0.265 e. The van der Waals surface area contributed by atoms with E-state index in [-0.39, 0.29) is 0 Å². The van der Waals surface area contributed by atoms with Crippen LogP contribution in [0.5, 0.6) is 0 Å². The third-order valence-corrected chi connectivity index (χ3v) is 1.25. The van der Waals surface area contributed by atoms with Gasteiger partial charge in [-0.1, -0.05) is 26.7 Å². The van der Waals surface area contributed by atoms with Crippen LogP contribution in [0.4, 0.5) is 0 Å². The Bertz CT molecular complexity index is 191. The fraction of sp³-hybridized carbons (Fsp3) is 0.500. The van der Waals surface area contributed by atoms with Gasteiger partial charge in [-0.05, 0) is 12.3 Å². The molecular formula is C10H15N. The van der Waals surface area contributed by atoms with Crippen molar-refractivity contribution in [3.8, 4) is 12.3 Å². The number of hydrogen-bond donors (Lipinski definition) is 0. The lowest BCUT2D eigenvalue weighted by Gasteiger charge is -2.02. The Morgan fingerprint density at radius 1 is 1.64 bits per heavy atom. The Morgan fingerprint density at radius 3 is 2.64 bits per heavy atom. The number of rotatable bonds is 3. The monoisotopic (exact) mass is 149 g/mol. The van der Waals surface area contributed by atoms with Gasteiger partial charge in [0.15, 0.2) is 0 Å². The molecule has 0 fully saturated rings. The molecule has 0 aliphatic carbocycles. The van der Waals surface area contributed by atoms with Crippen LogP contribution in [0.3, 0.4) is 0 Å². The highest BCUT2D eigenvalue weighted by atomic mass is 14.7. The molecule has 0 atom stereocenters. The zero-order valence-electron chi connectivity index (χ0n) is 7.46. The summed E-state index contributed by atoms with van der Waals surface area (Å²) < 4.78 is 0. The first-order chi connectivity index (χ1) is 5.22. The van der Waals surface area contributed by atoms with Crippen molar-refractivity contribution in [2.75, 3.05) is 0 Å². The van der Waals surface area contributed by atoms with Crippen molar-refractivity contribution in [2.45, 2.75) is 27.2 Å². The van der Waals surface area contributed by atoms with Gasteiger partial charge >= 0.3 is 0 Å². The minimum atomic E-state index is 0.411. The van der Waals surface area contributed by atoms with E-state index in [1.807, 2.05) is 6.21 Å². The van der Waals surface area contributed by atoms with Crippen molar-refractivity contribution in [1.82, 2.24) is 0 Å². The fourth-order valence-electron chi connectivity index (χ4n) is 0.635. The molecule has 0 saturated carbocycles. The maximum Gasteiger partial charge on any atom is 0.0508 e. The van der Waals surface area contributed by atoms with E-state index in [0.717, 1.165) is 12.1 Å². The maximum absolute atomic E-state index is 5.14. The number of allylic oxidation sites excluding steroid dienone is 2. The van der Waals surface area contributed by atoms with E-state index in [4.69, 9.17) is 6.42 Å². The first kappa shape index (κ1) is 9.97. The SMILES string of the molecule is C#C/C=C(\N=C/CC)C(C)C. The van der Waals surface area contributed by atoms with Crippen LogP contribution in [0, 0.1) is 18.3 Å². The highest BCUT2D eigenvalue weighted by Gasteiger charge is 1.97. The second kappa shape index (κ2) is 5.73. The van der Waals surface area contributed by atoms with Crippen LogP contribution in [0.15, 0.2) is 16.8 Å². The van der Waals surface area contributed by atoms with Gasteiger partial charge in [0, 0.05) is 12.3 Å². The van der Waals surface area contributed by atoms with Crippen LogP contribution in [-0.2, 0) is 0 Å². The number of nitrogens with zero attached hydrogens (tertiary/aromatic N) is 1. The average molecular weight is 149 g/mol. The predicted octanol–water partition coefficient (Wildman–Crippen LogP) is 2.64. The summed E-state index contributed by atoms with van der Waals surface area (Å²) in [7, 11) is 0. The van der Waals surface area contributed by atoms with E-state index in [2.05, 4.69) is 31.7 Å². The second-order valence-corrected chi connectivity index (χ2v) is 2.61. The normalized spacial score (nSPS) is 12.5. The van der Waals surface area contributed by atoms with E-state index in [9.17, 15) is 0 Å². The summed E-state index contributed by atoms with van der Waals surface area (Å²) in [4.78, 5) is 4.23. The smallest absolute Gasteiger partial charge is 0.0508 e. The quantitative estimate of drug-likeness (QED) is 0.432. The van der Waals surface area contributed by atoms with Gasteiger partial charge in [-0.15, -0.1) is 6.42 Å². The molecule has 0 amide bonds. The van der Waals surface area contributed by atoms with E-state index in [0.29, 0.717) is 5.92 Å². The van der Waals surface area contributed by atoms with Crippen molar-refractivity contribution in [2.24, 2.45) is 10.9 Å². The number of terminal acetylenes is 1. The molecule has 0 rings (SSSR count). The molecule has 1 nitrogen and oxygen atoms in total. The molecule has 0 N–H and O–H groups in total. The molecule has 0 radical (unpaired) electrons. The van der Waals surface area contributed by atoms with Gasteiger partial charge < -0.3 is 0 Å². The molecule has 0 aliphatic heterocycles. The molecule has 60 valence electrons. The number of hydrogen-bond acceptors (Lipinski definition) is 1. The zero-order chi connectivity index (χ0) is 8.69. The Kier molecular flexibility index (Phi) is 5.20. The van der Waals surface area contributed by atoms with Crippen LogP contribution in [0.25, 0.3) is 0 Å². The summed E-state index contributed by atoms with van der Waals surface area (Å²) in [6, 6.07) is 0. The Labute approximate surface area is 69.2 Å². The summed E-state index contributed by atoms with van der Waals surface area (Å²) in [5.74, 6) is 2.89. The standard InChI is InChI=1S/C10H15N/c1-5-7-10(9(3)4)11-8-6-2/h1,7-9H,6H2,2-4H3/b10-7-,11-8-. The molecule has 0 spiro atoms. The van der Waals surface area contributed by atoms with Crippen molar-refractivity contribution in [3.05, 3.63) is 11.8 Å². The van der Waals surface area contributed by atoms with Crippen molar-refractivity contribution >= 4 is 6.21 Å². The first-order valence-electron chi connectivity index (χ1n) is 3.91. The molecule has 1 heteroatoms. The van der Waals surface area contributed by atoms with E-state index >= 15 is 0 Å². The Hall–Kier alpha value is -1.03. The topological polar surface area (TPSA) is 12.4 Å². The fourth-order valence-corrected chi connectivity index (χ4v) is 0.635. The van der Waals surface area contributed by atoms with Crippen LogP contribution in [0.1, 0.15) is 27.2 Å². The molecule has 0 heterocycles. The van der Waals surface area contributed by atoms with Gasteiger partial charge in [0.1, 0.15) is 0 Å². The average Bonchev–Trinajstić information content (AvgIpc) is 1.97. The van der Waals surface area contributed by atoms with Gasteiger partial charge in [-0.25, -0.2) is 0 Å². The molecular weight excluding hydrogens is 134 g/mol. The van der Waals surface area contributed by atoms with Crippen LogP contribution in [-0.4, -0.2) is 6.21 Å². The van der Waals surface area contributed by atoms with Crippen LogP contribution >= 0.6 is 0 Å². The maximum atomic E-state index is 5.14. The van der Waals surface area contributed by atoms with Crippen molar-refractivity contribution in [3.63, 3.8) is 0 Å². The highest BCUT2D eigenvalue weighted by Crippen LogP contribution is 2.09. The third-order valence-electron chi connectivity index (χ3n) is 1.25. The van der Waals surface area contributed by atoms with Crippen molar-refractivity contribution < 1.29 is 0 Å². The molecule has 0 bridgehead atoms. The van der Waals surface area contributed by atoms with Gasteiger partial charge in [-0.2, -0.15) is 0 Å². The Morgan fingerprint density at radius 2 is 2.27 bits per heavy atom. The summed E-state index contributed by atoms with van der Waals surface area (Å²) in [5, 5.41) is 0. The zero-order valence-corrected chi connectivity index (χ0v) is 7.46. The lowest BCUT2D eigenvalue weighted by molar-refractivity contribution is 0.759. The highest BCUT2D eigenvalue weighted by molar-refractivity contribution is 5.58. The minimum absolute atomic E-state index is 0.411. The minimum Gasteiger partial charge on any atom is -0.265 e. The molecule has 0 unspecified atom stereocenters. The molecule has 0 aromatic carbocycles. The third kappa shape index (κ3) is 4.38. The van der Waals surface area contributed by atoms with Crippen molar-refractivity contribution in [1.29, 1.82) is 0 Å². The van der Waals surface area contributed by atoms with Crippen LogP contribution < -0.4 is 0 Å². The lowest BCUT2D eigenvalue weighted by atomic mass is 10.1. The lowest BCUT2D eigenvalue weighted by Crippen LogP contribution is -1.90. The molecule has 0 aromatic heterocycles. The van der Waals surface area contributed by atoms with E-state index in [1.54, 1.807) is 6.08 Å². The molecule has 0 aliphatic rings. The van der Waals surface area contributed by atoms with E-state index < -0.39 is 0 Å². The summed E-state index contributed by atoms with van der Waals surface area (Å²) >= 11 is 0. The predicted molar refractivity (Wildman–Crippen MR) is 50.5 cm³/mol. The summed E-state index contributed by atoms with van der Waals surface area (Å²) in [5.41, 5.74) is 0.981. The van der Waals surface area contributed by atoms with Gasteiger partial charge in [-0.3, -0.25) is 4.99 Å². The van der Waals surface area contributed by atoms with Gasteiger partial charge in [0.2, 0.25) is 0 Å². The number of aliphatic imine (C=N–C) groups is 1. The molecule has 0 saturated heterocycles. The van der Waals surface area contributed by atoms with E-state index in [1.165, 1.54) is 0 Å². The van der Waals surface area contributed by atoms with Crippen LogP contribution in [0.2, 0.25) is 0 Å².